The van der Waals surface area contributed by atoms with Crippen LogP contribution in [0.2, 0.25) is 0 Å². The lowest BCUT2D eigenvalue weighted by Gasteiger charge is -2.40. The molecule has 1 aromatic carbocycles. The van der Waals surface area contributed by atoms with Crippen molar-refractivity contribution in [2.75, 3.05) is 20.2 Å². The van der Waals surface area contributed by atoms with E-state index in [1.165, 1.54) is 31.2 Å². The Hall–Kier alpha value is -1.75. The third-order valence-corrected chi connectivity index (χ3v) is 6.03. The number of hydrogen-bond donors (Lipinski definition) is 2. The molecule has 1 aromatic rings. The van der Waals surface area contributed by atoms with Gasteiger partial charge in [0.1, 0.15) is 11.4 Å². The molecule has 5 heteroatoms. The minimum atomic E-state index is 0.00254. The lowest BCUT2D eigenvalue weighted by atomic mass is 9.86. The molecule has 1 aliphatic carbocycles. The number of rotatable bonds is 4. The molecule has 0 amide bonds. The molecule has 2 fully saturated rings. The number of fused-ring (bicyclic) bond motifs is 1. The Morgan fingerprint density at radius 2 is 2.08 bits per heavy atom. The second-order valence-electron chi connectivity index (χ2n) is 7.85. The quantitative estimate of drug-likeness (QED) is 0.639. The van der Waals surface area contributed by atoms with Crippen LogP contribution in [0.5, 0.6) is 5.75 Å². The van der Waals surface area contributed by atoms with Gasteiger partial charge in [0.2, 0.25) is 0 Å². The van der Waals surface area contributed by atoms with Crippen LogP contribution in [0.4, 0.5) is 0 Å². The van der Waals surface area contributed by atoms with Crippen LogP contribution in [-0.4, -0.2) is 37.9 Å². The molecule has 2 atom stereocenters. The van der Waals surface area contributed by atoms with Crippen molar-refractivity contribution in [3.63, 3.8) is 0 Å². The third kappa shape index (κ3) is 3.83. The van der Waals surface area contributed by atoms with E-state index in [0.29, 0.717) is 6.10 Å². The first kappa shape index (κ1) is 17.7. The third-order valence-electron chi connectivity index (χ3n) is 6.03. The van der Waals surface area contributed by atoms with Gasteiger partial charge in [-0.1, -0.05) is 18.2 Å². The van der Waals surface area contributed by atoms with Crippen LogP contribution in [-0.2, 0) is 4.74 Å². The van der Waals surface area contributed by atoms with Gasteiger partial charge in [0.05, 0.1) is 12.1 Å². The van der Waals surface area contributed by atoms with E-state index in [0.717, 1.165) is 50.5 Å². The second-order valence-corrected chi connectivity index (χ2v) is 7.85. The molecule has 2 N–H and O–H groups in total. The van der Waals surface area contributed by atoms with Crippen LogP contribution in [0.1, 0.15) is 63.0 Å². The number of benzene rings is 1. The maximum atomic E-state index is 6.46. The summed E-state index contributed by atoms with van der Waals surface area (Å²) >= 11 is 0. The van der Waals surface area contributed by atoms with Crippen LogP contribution >= 0.6 is 0 Å². The summed E-state index contributed by atoms with van der Waals surface area (Å²) in [5.74, 6) is 1.91. The average Bonchev–Trinajstić information content (AvgIpc) is 3.33. The highest BCUT2D eigenvalue weighted by atomic mass is 16.5. The average molecular weight is 357 g/mol. The lowest BCUT2D eigenvalue weighted by Crippen LogP contribution is -2.47. The Morgan fingerprint density at radius 1 is 1.23 bits per heavy atom. The van der Waals surface area contributed by atoms with Crippen molar-refractivity contribution in [3.8, 4) is 5.75 Å². The Bertz CT molecular complexity index is 634. The maximum absolute atomic E-state index is 6.46. The highest BCUT2D eigenvalue weighted by molar-refractivity contribution is 5.80. The molecule has 0 radical (unpaired) electrons. The molecule has 4 rings (SSSR count). The first-order valence-electron chi connectivity index (χ1n) is 10.1. The fourth-order valence-electron chi connectivity index (χ4n) is 4.66. The summed E-state index contributed by atoms with van der Waals surface area (Å²) in [5, 5.41) is 7.13. The van der Waals surface area contributed by atoms with Gasteiger partial charge in [-0.2, -0.15) is 0 Å². The molecule has 5 nitrogen and oxygen atoms in total. The number of nitrogens with one attached hydrogen (secondary N) is 2. The highest BCUT2D eigenvalue weighted by Crippen LogP contribution is 2.46. The van der Waals surface area contributed by atoms with Gasteiger partial charge in [0.25, 0.3) is 0 Å². The molecule has 26 heavy (non-hydrogen) atoms. The van der Waals surface area contributed by atoms with Crippen molar-refractivity contribution in [2.24, 2.45) is 4.99 Å². The SMILES string of the molecule is CN=C(NCCC1CCCO1)NC1CC2(CCCC2)Oc2ccccc21. The number of aliphatic imine (C=N–C) groups is 1. The Morgan fingerprint density at radius 3 is 2.85 bits per heavy atom. The van der Waals surface area contributed by atoms with E-state index in [1.807, 2.05) is 7.05 Å². The molecule has 1 spiro atoms. The van der Waals surface area contributed by atoms with Gasteiger partial charge in [-0.15, -0.1) is 0 Å². The van der Waals surface area contributed by atoms with Crippen LogP contribution in [0.15, 0.2) is 29.3 Å². The van der Waals surface area contributed by atoms with Crippen molar-refractivity contribution in [1.29, 1.82) is 0 Å². The van der Waals surface area contributed by atoms with Crippen molar-refractivity contribution < 1.29 is 9.47 Å². The van der Waals surface area contributed by atoms with Gasteiger partial charge in [0, 0.05) is 32.2 Å². The van der Waals surface area contributed by atoms with Crippen molar-refractivity contribution in [3.05, 3.63) is 29.8 Å². The van der Waals surface area contributed by atoms with Crippen molar-refractivity contribution in [2.45, 2.75) is 69.1 Å². The molecule has 2 aliphatic heterocycles. The fraction of sp³-hybridized carbons (Fsp3) is 0.667. The van der Waals surface area contributed by atoms with E-state index in [9.17, 15) is 0 Å². The standard InChI is InChI=1S/C21H31N3O2/c1-22-20(23-13-10-16-7-6-14-25-16)24-18-15-21(11-4-5-12-21)26-19-9-3-2-8-17(18)19/h2-3,8-9,16,18H,4-7,10-15H2,1H3,(H2,22,23,24). The van der Waals surface area contributed by atoms with E-state index in [-0.39, 0.29) is 11.6 Å². The molecule has 3 aliphatic rings. The predicted octanol–water partition coefficient (Wildman–Crippen LogP) is 3.56. The van der Waals surface area contributed by atoms with Crippen molar-refractivity contribution >= 4 is 5.96 Å². The molecule has 0 bridgehead atoms. The molecule has 2 unspecified atom stereocenters. The van der Waals surface area contributed by atoms with Gasteiger partial charge in [-0.3, -0.25) is 4.99 Å². The summed E-state index contributed by atoms with van der Waals surface area (Å²) in [5.41, 5.74) is 1.25. The second kappa shape index (κ2) is 7.87. The number of para-hydroxylation sites is 1. The molecule has 142 valence electrons. The molecule has 1 saturated heterocycles. The zero-order valence-corrected chi connectivity index (χ0v) is 15.8. The largest absolute Gasteiger partial charge is 0.487 e. The van der Waals surface area contributed by atoms with Crippen LogP contribution < -0.4 is 15.4 Å². The minimum absolute atomic E-state index is 0.00254. The fourth-order valence-corrected chi connectivity index (χ4v) is 4.66. The van der Waals surface area contributed by atoms with Crippen LogP contribution in [0.3, 0.4) is 0 Å². The minimum Gasteiger partial charge on any atom is -0.487 e. The number of nitrogens with zero attached hydrogens (tertiary/aromatic N) is 1. The summed E-state index contributed by atoms with van der Waals surface area (Å²) in [7, 11) is 1.85. The molecule has 2 heterocycles. The van der Waals surface area contributed by atoms with E-state index in [2.05, 4.69) is 39.9 Å². The molecule has 1 saturated carbocycles. The number of guanidine groups is 1. The first-order chi connectivity index (χ1) is 12.8. The summed E-state index contributed by atoms with van der Waals surface area (Å²) in [6, 6.07) is 8.69. The maximum Gasteiger partial charge on any atom is 0.191 e. The number of hydrogen-bond acceptors (Lipinski definition) is 3. The monoisotopic (exact) mass is 357 g/mol. The topological polar surface area (TPSA) is 54.9 Å². The number of ether oxygens (including phenoxy) is 2. The molecule has 0 aromatic heterocycles. The summed E-state index contributed by atoms with van der Waals surface area (Å²) < 4.78 is 12.2. The van der Waals surface area contributed by atoms with Crippen LogP contribution in [0.25, 0.3) is 0 Å². The van der Waals surface area contributed by atoms with Crippen LogP contribution in [0, 0.1) is 0 Å². The van der Waals surface area contributed by atoms with E-state index in [4.69, 9.17) is 9.47 Å². The molecular formula is C21H31N3O2. The first-order valence-corrected chi connectivity index (χ1v) is 10.1. The van der Waals surface area contributed by atoms with Gasteiger partial charge >= 0.3 is 0 Å². The lowest BCUT2D eigenvalue weighted by molar-refractivity contribution is 0.0396. The Kier molecular flexibility index (Phi) is 5.34. The summed E-state index contributed by atoms with van der Waals surface area (Å²) in [6.07, 6.45) is 9.68. The van der Waals surface area contributed by atoms with Crippen molar-refractivity contribution in [1.82, 2.24) is 10.6 Å². The van der Waals surface area contributed by atoms with Gasteiger partial charge in [0.15, 0.2) is 5.96 Å². The zero-order chi connectivity index (χ0) is 17.8. The summed E-state index contributed by atoms with van der Waals surface area (Å²) in [6.45, 7) is 1.80. The summed E-state index contributed by atoms with van der Waals surface area (Å²) in [4.78, 5) is 4.45. The normalized spacial score (nSPS) is 27.2. The van der Waals surface area contributed by atoms with Gasteiger partial charge < -0.3 is 20.1 Å². The van der Waals surface area contributed by atoms with Gasteiger partial charge in [-0.05, 0) is 51.0 Å². The highest BCUT2D eigenvalue weighted by Gasteiger charge is 2.43. The van der Waals surface area contributed by atoms with E-state index in [1.54, 1.807) is 0 Å². The predicted molar refractivity (Wildman–Crippen MR) is 104 cm³/mol. The van der Waals surface area contributed by atoms with Gasteiger partial charge in [-0.25, -0.2) is 0 Å². The molecular weight excluding hydrogens is 326 g/mol. The zero-order valence-electron chi connectivity index (χ0n) is 15.8. The smallest absolute Gasteiger partial charge is 0.191 e. The Balaban J connectivity index is 1.41. The van der Waals surface area contributed by atoms with E-state index >= 15 is 0 Å². The van der Waals surface area contributed by atoms with E-state index < -0.39 is 0 Å². The Labute approximate surface area is 156 Å².